The fraction of sp³-hybridized carbons (Fsp3) is 0.222. The summed E-state index contributed by atoms with van der Waals surface area (Å²) in [4.78, 5) is 24.0. The van der Waals surface area contributed by atoms with Crippen molar-refractivity contribution in [3.05, 3.63) is 65.2 Å². The zero-order valence-electron chi connectivity index (χ0n) is 13.1. The molecule has 0 radical (unpaired) electrons. The van der Waals surface area contributed by atoms with Gasteiger partial charge in [0.25, 0.3) is 5.91 Å². The van der Waals surface area contributed by atoms with Crippen LogP contribution in [0.1, 0.15) is 28.4 Å². The molecule has 0 aliphatic heterocycles. The van der Waals surface area contributed by atoms with E-state index in [1.54, 1.807) is 19.1 Å². The second kappa shape index (κ2) is 7.45. The van der Waals surface area contributed by atoms with Crippen molar-refractivity contribution < 1.29 is 19.4 Å². The van der Waals surface area contributed by atoms with Crippen molar-refractivity contribution in [3.63, 3.8) is 0 Å². The average molecular weight is 313 g/mol. The zero-order chi connectivity index (χ0) is 16.8. The number of carbonyl (C=O) groups is 2. The van der Waals surface area contributed by atoms with E-state index in [0.29, 0.717) is 12.1 Å². The van der Waals surface area contributed by atoms with E-state index in [4.69, 9.17) is 4.74 Å². The molecular formula is C18H19NO4. The number of rotatable bonds is 5. The van der Waals surface area contributed by atoms with Crippen molar-refractivity contribution in [2.24, 2.45) is 0 Å². The van der Waals surface area contributed by atoms with Crippen LogP contribution in [0.3, 0.4) is 0 Å². The van der Waals surface area contributed by atoms with Gasteiger partial charge in [-0.2, -0.15) is 0 Å². The molecule has 23 heavy (non-hydrogen) atoms. The summed E-state index contributed by atoms with van der Waals surface area (Å²) in [6.45, 7) is 3.60. The molecule has 1 atom stereocenters. The van der Waals surface area contributed by atoms with Crippen LogP contribution in [0.4, 0.5) is 0 Å². The topological polar surface area (TPSA) is 75.6 Å². The highest BCUT2D eigenvalue weighted by Crippen LogP contribution is 2.18. The highest BCUT2D eigenvalue weighted by Gasteiger charge is 2.19. The minimum absolute atomic E-state index is 0.0145. The van der Waals surface area contributed by atoms with Crippen LogP contribution in [0.15, 0.2) is 48.5 Å². The number of phenols is 1. The van der Waals surface area contributed by atoms with E-state index in [0.717, 1.165) is 5.56 Å². The van der Waals surface area contributed by atoms with Gasteiger partial charge in [-0.1, -0.05) is 36.4 Å². The Kier molecular flexibility index (Phi) is 5.36. The standard InChI is InChI=1S/C18H19NO4/c1-12-8-9-15(10-16(12)20)18(22)23-13(2)17(21)19-11-14-6-4-3-5-7-14/h3-10,13,20H,11H2,1-2H3,(H,19,21). The third-order valence-corrected chi connectivity index (χ3v) is 3.41. The lowest BCUT2D eigenvalue weighted by atomic mass is 10.1. The molecule has 1 amide bonds. The van der Waals surface area contributed by atoms with Crippen LogP contribution in [0.5, 0.6) is 5.75 Å². The summed E-state index contributed by atoms with van der Waals surface area (Å²) in [6, 6.07) is 13.9. The molecule has 0 saturated heterocycles. The minimum Gasteiger partial charge on any atom is -0.508 e. The maximum absolute atomic E-state index is 12.0. The Morgan fingerprint density at radius 1 is 1.17 bits per heavy atom. The molecule has 0 fully saturated rings. The van der Waals surface area contributed by atoms with Crippen molar-refractivity contribution in [3.8, 4) is 5.75 Å². The number of aromatic hydroxyl groups is 1. The van der Waals surface area contributed by atoms with E-state index in [1.165, 1.54) is 13.0 Å². The molecule has 1 unspecified atom stereocenters. The van der Waals surface area contributed by atoms with Gasteiger partial charge in [0.05, 0.1) is 5.56 Å². The molecule has 2 aromatic rings. The van der Waals surface area contributed by atoms with E-state index < -0.39 is 12.1 Å². The highest BCUT2D eigenvalue weighted by atomic mass is 16.5. The first-order valence-electron chi connectivity index (χ1n) is 7.29. The van der Waals surface area contributed by atoms with Gasteiger partial charge < -0.3 is 15.2 Å². The van der Waals surface area contributed by atoms with Crippen LogP contribution in [0.2, 0.25) is 0 Å². The van der Waals surface area contributed by atoms with Crippen LogP contribution < -0.4 is 5.32 Å². The van der Waals surface area contributed by atoms with Gasteiger partial charge in [0.15, 0.2) is 6.10 Å². The third kappa shape index (κ3) is 4.57. The summed E-state index contributed by atoms with van der Waals surface area (Å²) in [5, 5.41) is 12.3. The predicted molar refractivity (Wildman–Crippen MR) is 86.0 cm³/mol. The largest absolute Gasteiger partial charge is 0.508 e. The summed E-state index contributed by atoms with van der Waals surface area (Å²) in [5.74, 6) is -1.01. The highest BCUT2D eigenvalue weighted by molar-refractivity contribution is 5.92. The van der Waals surface area contributed by atoms with Crippen molar-refractivity contribution in [1.29, 1.82) is 0 Å². The summed E-state index contributed by atoms with van der Waals surface area (Å²) in [6.07, 6.45) is -0.922. The molecule has 2 rings (SSSR count). The monoisotopic (exact) mass is 313 g/mol. The number of esters is 1. The van der Waals surface area contributed by atoms with E-state index in [1.807, 2.05) is 30.3 Å². The zero-order valence-corrected chi connectivity index (χ0v) is 13.1. The van der Waals surface area contributed by atoms with Gasteiger partial charge in [0, 0.05) is 6.54 Å². The first-order valence-corrected chi connectivity index (χ1v) is 7.29. The normalized spacial score (nSPS) is 11.6. The number of nitrogens with one attached hydrogen (secondary N) is 1. The van der Waals surface area contributed by atoms with Crippen LogP contribution in [0.25, 0.3) is 0 Å². The van der Waals surface area contributed by atoms with Gasteiger partial charge in [-0.3, -0.25) is 4.79 Å². The van der Waals surface area contributed by atoms with E-state index in [9.17, 15) is 14.7 Å². The first kappa shape index (κ1) is 16.5. The SMILES string of the molecule is Cc1ccc(C(=O)OC(C)C(=O)NCc2ccccc2)cc1O. The fourth-order valence-corrected chi connectivity index (χ4v) is 1.95. The van der Waals surface area contributed by atoms with Gasteiger partial charge in [-0.15, -0.1) is 0 Å². The maximum atomic E-state index is 12.0. The molecule has 2 N–H and O–H groups in total. The number of amides is 1. The Hall–Kier alpha value is -2.82. The lowest BCUT2D eigenvalue weighted by molar-refractivity contribution is -0.129. The van der Waals surface area contributed by atoms with Crippen molar-refractivity contribution in [1.82, 2.24) is 5.32 Å². The summed E-state index contributed by atoms with van der Waals surface area (Å²) in [7, 11) is 0. The van der Waals surface area contributed by atoms with Gasteiger partial charge in [0.1, 0.15) is 5.75 Å². The summed E-state index contributed by atoms with van der Waals surface area (Å²) in [5.41, 5.74) is 1.83. The lowest BCUT2D eigenvalue weighted by Crippen LogP contribution is -2.35. The van der Waals surface area contributed by atoms with E-state index in [-0.39, 0.29) is 17.2 Å². The Labute approximate surface area is 134 Å². The number of hydrogen-bond donors (Lipinski definition) is 2. The summed E-state index contributed by atoms with van der Waals surface area (Å²) >= 11 is 0. The Balaban J connectivity index is 1.89. The molecular weight excluding hydrogens is 294 g/mol. The van der Waals surface area contributed by atoms with Gasteiger partial charge in [-0.25, -0.2) is 4.79 Å². The van der Waals surface area contributed by atoms with Crippen molar-refractivity contribution in [2.75, 3.05) is 0 Å². The maximum Gasteiger partial charge on any atom is 0.339 e. The van der Waals surface area contributed by atoms with Crippen LogP contribution >= 0.6 is 0 Å². The predicted octanol–water partition coefficient (Wildman–Crippen LogP) is 2.56. The molecule has 0 aliphatic rings. The molecule has 120 valence electrons. The molecule has 0 heterocycles. The summed E-state index contributed by atoms with van der Waals surface area (Å²) < 4.78 is 5.12. The first-order chi connectivity index (χ1) is 11.0. The van der Waals surface area contributed by atoms with Gasteiger partial charge in [-0.05, 0) is 37.1 Å². The molecule has 0 saturated carbocycles. The second-order valence-corrected chi connectivity index (χ2v) is 5.25. The molecule has 0 aromatic heterocycles. The number of phenolic OH excluding ortho intramolecular Hbond substituents is 1. The smallest absolute Gasteiger partial charge is 0.339 e. The Bertz CT molecular complexity index is 697. The van der Waals surface area contributed by atoms with Crippen LogP contribution in [-0.2, 0) is 16.1 Å². The number of benzene rings is 2. The van der Waals surface area contributed by atoms with Crippen LogP contribution in [-0.4, -0.2) is 23.1 Å². The fourth-order valence-electron chi connectivity index (χ4n) is 1.95. The van der Waals surface area contributed by atoms with E-state index >= 15 is 0 Å². The number of hydrogen-bond acceptors (Lipinski definition) is 4. The third-order valence-electron chi connectivity index (χ3n) is 3.41. The number of aryl methyl sites for hydroxylation is 1. The Morgan fingerprint density at radius 3 is 2.52 bits per heavy atom. The lowest BCUT2D eigenvalue weighted by Gasteiger charge is -2.14. The van der Waals surface area contributed by atoms with Crippen LogP contribution in [0, 0.1) is 6.92 Å². The quantitative estimate of drug-likeness (QED) is 0.832. The molecule has 0 spiro atoms. The van der Waals surface area contributed by atoms with Crippen molar-refractivity contribution in [2.45, 2.75) is 26.5 Å². The molecule has 0 bridgehead atoms. The molecule has 5 heteroatoms. The second-order valence-electron chi connectivity index (χ2n) is 5.25. The van der Waals surface area contributed by atoms with E-state index in [2.05, 4.69) is 5.32 Å². The van der Waals surface area contributed by atoms with Crippen molar-refractivity contribution >= 4 is 11.9 Å². The number of ether oxygens (including phenoxy) is 1. The molecule has 0 aliphatic carbocycles. The van der Waals surface area contributed by atoms with Gasteiger partial charge in [0.2, 0.25) is 0 Å². The molecule has 2 aromatic carbocycles. The minimum atomic E-state index is -0.922. The Morgan fingerprint density at radius 2 is 1.87 bits per heavy atom. The van der Waals surface area contributed by atoms with Gasteiger partial charge >= 0.3 is 5.97 Å². The average Bonchev–Trinajstić information content (AvgIpc) is 2.55. The molecule has 5 nitrogen and oxygen atoms in total. The number of carbonyl (C=O) groups excluding carboxylic acids is 2.